The maximum Gasteiger partial charge on any atom is 0.143 e. The average Bonchev–Trinajstić information content (AvgIpc) is 2.38. The standard InChI is InChI=1S/C14H14BrClN2/c1-10(11-6-3-4-8-13(11)16)18(2)14-12(15)7-5-9-17-14/h3-10H,1-2H3. The van der Waals surface area contributed by atoms with E-state index in [0.717, 1.165) is 20.9 Å². The number of halogens is 2. The van der Waals surface area contributed by atoms with Crippen LogP contribution in [0.4, 0.5) is 5.82 Å². The summed E-state index contributed by atoms with van der Waals surface area (Å²) >= 11 is 9.75. The summed E-state index contributed by atoms with van der Waals surface area (Å²) in [6.07, 6.45) is 1.79. The minimum Gasteiger partial charge on any atom is -0.352 e. The van der Waals surface area contributed by atoms with Crippen LogP contribution in [0.25, 0.3) is 0 Å². The summed E-state index contributed by atoms with van der Waals surface area (Å²) in [5.41, 5.74) is 1.10. The lowest BCUT2D eigenvalue weighted by molar-refractivity contribution is 0.727. The molecule has 0 fully saturated rings. The molecule has 0 bridgehead atoms. The van der Waals surface area contributed by atoms with Gasteiger partial charge in [0.1, 0.15) is 5.82 Å². The van der Waals surface area contributed by atoms with Crippen molar-refractivity contribution in [2.45, 2.75) is 13.0 Å². The average molecular weight is 326 g/mol. The molecule has 0 N–H and O–H groups in total. The molecule has 1 heterocycles. The van der Waals surface area contributed by atoms with Crippen molar-refractivity contribution in [2.75, 3.05) is 11.9 Å². The SMILES string of the molecule is CC(c1ccccc1Cl)N(C)c1ncccc1Br. The van der Waals surface area contributed by atoms with E-state index in [1.165, 1.54) is 0 Å². The Morgan fingerprint density at radius 1 is 1.22 bits per heavy atom. The minimum absolute atomic E-state index is 0.157. The molecule has 1 atom stereocenters. The van der Waals surface area contributed by atoms with Gasteiger partial charge in [-0.25, -0.2) is 4.98 Å². The molecule has 4 heteroatoms. The van der Waals surface area contributed by atoms with E-state index in [2.05, 4.69) is 32.7 Å². The molecular formula is C14H14BrClN2. The molecule has 0 saturated heterocycles. The fraction of sp³-hybridized carbons (Fsp3) is 0.214. The number of hydrogen-bond donors (Lipinski definition) is 0. The third-order valence-corrected chi connectivity index (χ3v) is 3.97. The molecule has 0 aliphatic rings. The van der Waals surface area contributed by atoms with Crippen molar-refractivity contribution in [3.63, 3.8) is 0 Å². The van der Waals surface area contributed by atoms with Gasteiger partial charge in [0.05, 0.1) is 10.5 Å². The fourth-order valence-corrected chi connectivity index (χ4v) is 2.67. The molecule has 0 spiro atoms. The van der Waals surface area contributed by atoms with Crippen molar-refractivity contribution in [3.05, 3.63) is 57.7 Å². The second-order valence-electron chi connectivity index (χ2n) is 4.12. The number of benzene rings is 1. The monoisotopic (exact) mass is 324 g/mol. The zero-order valence-corrected chi connectivity index (χ0v) is 12.6. The highest BCUT2D eigenvalue weighted by Crippen LogP contribution is 2.32. The lowest BCUT2D eigenvalue weighted by atomic mass is 10.1. The van der Waals surface area contributed by atoms with Crippen molar-refractivity contribution >= 4 is 33.3 Å². The molecule has 2 nitrogen and oxygen atoms in total. The summed E-state index contributed by atoms with van der Waals surface area (Å²) in [5, 5.41) is 0.781. The molecule has 0 amide bonds. The second kappa shape index (κ2) is 5.72. The van der Waals surface area contributed by atoms with Gasteiger partial charge in [0.2, 0.25) is 0 Å². The number of hydrogen-bond acceptors (Lipinski definition) is 2. The summed E-state index contributed by atoms with van der Waals surface area (Å²) in [7, 11) is 2.01. The number of nitrogens with zero attached hydrogens (tertiary/aromatic N) is 2. The summed E-state index contributed by atoms with van der Waals surface area (Å²) in [5.74, 6) is 0.907. The molecular weight excluding hydrogens is 312 g/mol. The van der Waals surface area contributed by atoms with Gasteiger partial charge in [0, 0.05) is 18.3 Å². The summed E-state index contributed by atoms with van der Waals surface area (Å²) < 4.78 is 0.978. The highest BCUT2D eigenvalue weighted by atomic mass is 79.9. The predicted molar refractivity (Wildman–Crippen MR) is 80.2 cm³/mol. The molecule has 1 unspecified atom stereocenters. The number of rotatable bonds is 3. The Morgan fingerprint density at radius 2 is 1.94 bits per heavy atom. The van der Waals surface area contributed by atoms with Gasteiger partial charge >= 0.3 is 0 Å². The lowest BCUT2D eigenvalue weighted by Crippen LogP contribution is -2.23. The Kier molecular flexibility index (Phi) is 4.25. The first kappa shape index (κ1) is 13.4. The Bertz CT molecular complexity index is 495. The summed E-state index contributed by atoms with van der Waals surface area (Å²) in [6, 6.07) is 11.9. The summed E-state index contributed by atoms with van der Waals surface area (Å²) in [4.78, 5) is 6.49. The zero-order valence-electron chi connectivity index (χ0n) is 10.3. The van der Waals surface area contributed by atoms with Gasteiger partial charge in [-0.15, -0.1) is 0 Å². The fourth-order valence-electron chi connectivity index (χ4n) is 1.84. The Morgan fingerprint density at radius 3 is 2.61 bits per heavy atom. The van der Waals surface area contributed by atoms with Crippen molar-refractivity contribution in [3.8, 4) is 0 Å². The van der Waals surface area contributed by atoms with Gasteiger partial charge < -0.3 is 4.90 Å². The third kappa shape index (κ3) is 2.68. The smallest absolute Gasteiger partial charge is 0.143 e. The van der Waals surface area contributed by atoms with E-state index in [-0.39, 0.29) is 6.04 Å². The first-order valence-electron chi connectivity index (χ1n) is 5.69. The van der Waals surface area contributed by atoms with Crippen LogP contribution in [0.3, 0.4) is 0 Å². The van der Waals surface area contributed by atoms with Crippen LogP contribution in [0.1, 0.15) is 18.5 Å². The largest absolute Gasteiger partial charge is 0.352 e. The minimum atomic E-state index is 0.157. The number of aromatic nitrogens is 1. The molecule has 0 aliphatic carbocycles. The van der Waals surface area contributed by atoms with Crippen LogP contribution in [0.5, 0.6) is 0 Å². The Hall–Kier alpha value is -1.06. The van der Waals surface area contributed by atoms with Crippen molar-refractivity contribution in [1.29, 1.82) is 0 Å². The second-order valence-corrected chi connectivity index (χ2v) is 5.38. The van der Waals surface area contributed by atoms with E-state index >= 15 is 0 Å². The molecule has 18 heavy (non-hydrogen) atoms. The van der Waals surface area contributed by atoms with Gasteiger partial charge in [0.15, 0.2) is 0 Å². The molecule has 0 saturated carbocycles. The van der Waals surface area contributed by atoms with Gasteiger partial charge in [-0.1, -0.05) is 29.8 Å². The summed E-state index contributed by atoms with van der Waals surface area (Å²) in [6.45, 7) is 2.11. The van der Waals surface area contributed by atoms with Crippen LogP contribution in [0.2, 0.25) is 5.02 Å². The molecule has 94 valence electrons. The van der Waals surface area contributed by atoms with Crippen molar-refractivity contribution in [1.82, 2.24) is 4.98 Å². The number of anilines is 1. The van der Waals surface area contributed by atoms with Crippen LogP contribution in [0, 0.1) is 0 Å². The van der Waals surface area contributed by atoms with Crippen LogP contribution in [0.15, 0.2) is 47.1 Å². The topological polar surface area (TPSA) is 16.1 Å². The van der Waals surface area contributed by atoms with E-state index in [1.807, 2.05) is 43.4 Å². The molecule has 2 rings (SSSR count). The molecule has 1 aromatic heterocycles. The highest BCUT2D eigenvalue weighted by Gasteiger charge is 2.17. The quantitative estimate of drug-likeness (QED) is 0.813. The van der Waals surface area contributed by atoms with Gasteiger partial charge in [-0.05, 0) is 46.6 Å². The molecule has 2 aromatic rings. The van der Waals surface area contributed by atoms with E-state index in [4.69, 9.17) is 11.6 Å². The van der Waals surface area contributed by atoms with E-state index < -0.39 is 0 Å². The van der Waals surface area contributed by atoms with Crippen LogP contribution in [-0.2, 0) is 0 Å². The van der Waals surface area contributed by atoms with Gasteiger partial charge in [0.25, 0.3) is 0 Å². The zero-order chi connectivity index (χ0) is 13.1. The maximum absolute atomic E-state index is 6.23. The van der Waals surface area contributed by atoms with Gasteiger partial charge in [-0.2, -0.15) is 0 Å². The normalized spacial score (nSPS) is 12.2. The first-order valence-corrected chi connectivity index (χ1v) is 6.86. The predicted octanol–water partition coefficient (Wildman–Crippen LogP) is 4.69. The molecule has 1 aromatic carbocycles. The van der Waals surface area contributed by atoms with E-state index in [9.17, 15) is 0 Å². The van der Waals surface area contributed by atoms with Crippen LogP contribution < -0.4 is 4.90 Å². The lowest BCUT2D eigenvalue weighted by Gasteiger charge is -2.27. The van der Waals surface area contributed by atoms with E-state index in [0.29, 0.717) is 0 Å². The van der Waals surface area contributed by atoms with Crippen molar-refractivity contribution in [2.24, 2.45) is 0 Å². The Labute approximate surface area is 121 Å². The highest BCUT2D eigenvalue weighted by molar-refractivity contribution is 9.10. The molecule has 0 aliphatic heterocycles. The third-order valence-electron chi connectivity index (χ3n) is 3.01. The van der Waals surface area contributed by atoms with Crippen LogP contribution in [-0.4, -0.2) is 12.0 Å². The number of pyridine rings is 1. The maximum atomic E-state index is 6.23. The molecule has 0 radical (unpaired) electrons. The van der Waals surface area contributed by atoms with Crippen LogP contribution >= 0.6 is 27.5 Å². The van der Waals surface area contributed by atoms with Gasteiger partial charge in [-0.3, -0.25) is 0 Å². The first-order chi connectivity index (χ1) is 8.61. The Balaban J connectivity index is 2.33. The van der Waals surface area contributed by atoms with Crippen molar-refractivity contribution < 1.29 is 0 Å². The van der Waals surface area contributed by atoms with E-state index in [1.54, 1.807) is 6.20 Å².